The van der Waals surface area contributed by atoms with Crippen molar-refractivity contribution < 1.29 is 9.59 Å². The highest BCUT2D eigenvalue weighted by Crippen LogP contribution is 2.27. The fourth-order valence-electron chi connectivity index (χ4n) is 1.48. The maximum absolute atomic E-state index is 8.35. The minimum Gasteiger partial charge on any atom is -0.222 e. The van der Waals surface area contributed by atoms with Gasteiger partial charge in [0, 0.05) is 0 Å². The second kappa shape index (κ2) is 15.2. The quantitative estimate of drug-likeness (QED) is 0.555. The fraction of sp³-hybridized carbons (Fsp3) is 0.818. The maximum Gasteiger partial charge on any atom is 0.231 e. The Hall–Kier alpha value is -1.24. The number of carbonyl (C=O) groups excluding carboxylic acids is 2. The third-order valence-corrected chi connectivity index (χ3v) is 1.85. The van der Waals surface area contributed by atoms with Gasteiger partial charge in [-0.2, -0.15) is 0 Å². The Morgan fingerprint density at radius 2 is 1.13 bits per heavy atom. The normalized spacial score (nSPS) is 8.27. The minimum absolute atomic E-state index is 0.601. The lowest BCUT2D eigenvalue weighted by molar-refractivity contribution is 0.301. The fourth-order valence-corrected chi connectivity index (χ4v) is 1.48. The molecule has 0 aliphatic carbocycles. The number of hydrogen-bond acceptors (Lipinski definition) is 4. The van der Waals surface area contributed by atoms with Crippen LogP contribution < -0.4 is 0 Å². The van der Waals surface area contributed by atoms with Crippen LogP contribution in [-0.4, -0.2) is 12.2 Å². The molecule has 0 heterocycles. The lowest BCUT2D eigenvalue weighted by atomic mass is 9.84. The Morgan fingerprint density at radius 1 is 0.933 bits per heavy atom. The third-order valence-electron chi connectivity index (χ3n) is 1.85. The van der Waals surface area contributed by atoms with Crippen molar-refractivity contribution in [3.8, 4) is 0 Å². The summed E-state index contributed by atoms with van der Waals surface area (Å²) >= 11 is 0. The summed E-state index contributed by atoms with van der Waals surface area (Å²) < 4.78 is 0. The highest BCUT2D eigenvalue weighted by Gasteiger charge is 2.13. The largest absolute Gasteiger partial charge is 0.231 e. The first-order chi connectivity index (χ1) is 6.95. The van der Waals surface area contributed by atoms with E-state index < -0.39 is 0 Å². The van der Waals surface area contributed by atoms with E-state index in [9.17, 15) is 0 Å². The van der Waals surface area contributed by atoms with Crippen LogP contribution in [0.15, 0.2) is 0 Å². The Bertz CT molecular complexity index is 169. The molecule has 0 aliphatic heterocycles. The van der Waals surface area contributed by atoms with E-state index in [1.165, 1.54) is 25.7 Å². The molecule has 0 aromatic heterocycles. The summed E-state index contributed by atoms with van der Waals surface area (Å²) in [4.78, 5) is 16.7. The molecule has 88 valence electrons. The van der Waals surface area contributed by atoms with Crippen molar-refractivity contribution in [2.75, 3.05) is 0 Å². The van der Waals surface area contributed by atoms with Gasteiger partial charge in [0.1, 0.15) is 0 Å². The van der Waals surface area contributed by atoms with E-state index in [2.05, 4.69) is 27.7 Å². The number of hydrogen-bond donors (Lipinski definition) is 2. The van der Waals surface area contributed by atoms with Crippen LogP contribution in [0.2, 0.25) is 0 Å². The molecule has 0 bridgehead atoms. The van der Waals surface area contributed by atoms with Gasteiger partial charge in [-0.05, 0) is 18.3 Å². The summed E-state index contributed by atoms with van der Waals surface area (Å²) in [5.74, 6) is 0. The Morgan fingerprint density at radius 3 is 1.27 bits per heavy atom. The number of isocyanates is 2. The zero-order chi connectivity index (χ0) is 12.7. The monoisotopic (exact) mass is 214 g/mol. The molecule has 0 saturated heterocycles. The summed E-state index contributed by atoms with van der Waals surface area (Å²) in [7, 11) is 0. The standard InChI is InChI=1S/C9H20.2CHNO/c1-5-7-9(3,4)8-6-2;2*2-1-3/h5-8H2,1-4H3;2*2H. The van der Waals surface area contributed by atoms with Crippen LogP contribution >= 0.6 is 0 Å². The summed E-state index contributed by atoms with van der Waals surface area (Å²) in [5.41, 5.74) is 0.601. The molecule has 0 aromatic rings. The SMILES string of the molecule is CCCC(C)(C)CCC.N=C=O.N=C=O. The minimum atomic E-state index is 0.601. The average Bonchev–Trinajstić information content (AvgIpc) is 2.06. The van der Waals surface area contributed by atoms with Gasteiger partial charge in [-0.15, -0.1) is 0 Å². The lowest BCUT2D eigenvalue weighted by Gasteiger charge is -2.22. The molecule has 0 radical (unpaired) electrons. The van der Waals surface area contributed by atoms with Crippen LogP contribution in [0.25, 0.3) is 0 Å². The van der Waals surface area contributed by atoms with Gasteiger partial charge in [0.2, 0.25) is 12.2 Å². The Kier molecular flexibility index (Phi) is 19.7. The molecule has 2 N–H and O–H groups in total. The van der Waals surface area contributed by atoms with Crippen LogP contribution in [0.4, 0.5) is 0 Å². The molecule has 15 heavy (non-hydrogen) atoms. The first-order valence-electron chi connectivity index (χ1n) is 5.03. The molecular weight excluding hydrogens is 192 g/mol. The van der Waals surface area contributed by atoms with Crippen molar-refractivity contribution in [1.82, 2.24) is 0 Å². The van der Waals surface area contributed by atoms with Gasteiger partial charge in [-0.25, -0.2) is 20.4 Å². The van der Waals surface area contributed by atoms with Gasteiger partial charge in [0.15, 0.2) is 0 Å². The molecule has 0 aliphatic rings. The van der Waals surface area contributed by atoms with Gasteiger partial charge in [0.25, 0.3) is 0 Å². The zero-order valence-electron chi connectivity index (χ0n) is 10.1. The van der Waals surface area contributed by atoms with Crippen LogP contribution in [0.5, 0.6) is 0 Å². The predicted octanol–water partition coefficient (Wildman–Crippen LogP) is 3.41. The third kappa shape index (κ3) is 32.3. The highest BCUT2D eigenvalue weighted by molar-refractivity contribution is 5.26. The molecule has 4 heteroatoms. The summed E-state index contributed by atoms with van der Waals surface area (Å²) in [6, 6.07) is 0. The molecule has 0 fully saturated rings. The molecule has 0 aromatic carbocycles. The first kappa shape index (κ1) is 19.4. The van der Waals surface area contributed by atoms with Crippen LogP contribution in [0.3, 0.4) is 0 Å². The molecular formula is C11H22N2O2. The maximum atomic E-state index is 8.35. The zero-order valence-corrected chi connectivity index (χ0v) is 10.1. The molecule has 0 amide bonds. The highest BCUT2D eigenvalue weighted by atomic mass is 16.1. The van der Waals surface area contributed by atoms with Gasteiger partial charge < -0.3 is 0 Å². The second-order valence-electron chi connectivity index (χ2n) is 3.87. The Labute approximate surface area is 92.1 Å². The summed E-state index contributed by atoms with van der Waals surface area (Å²) in [5, 5.41) is 10.8. The molecule has 0 spiro atoms. The predicted molar refractivity (Wildman–Crippen MR) is 60.4 cm³/mol. The molecule has 0 unspecified atom stereocenters. The van der Waals surface area contributed by atoms with E-state index in [1.807, 2.05) is 0 Å². The number of rotatable bonds is 4. The molecule has 0 saturated carbocycles. The topological polar surface area (TPSA) is 81.8 Å². The van der Waals surface area contributed by atoms with Gasteiger partial charge in [-0.1, -0.05) is 40.5 Å². The average molecular weight is 214 g/mol. The molecule has 0 rings (SSSR count). The number of nitrogens with one attached hydrogen (secondary N) is 2. The van der Waals surface area contributed by atoms with Gasteiger partial charge in [-0.3, -0.25) is 0 Å². The van der Waals surface area contributed by atoms with Gasteiger partial charge >= 0.3 is 0 Å². The van der Waals surface area contributed by atoms with E-state index in [-0.39, 0.29) is 0 Å². The molecule has 4 nitrogen and oxygen atoms in total. The van der Waals surface area contributed by atoms with Crippen LogP contribution in [-0.2, 0) is 9.59 Å². The van der Waals surface area contributed by atoms with E-state index in [0.717, 1.165) is 12.2 Å². The van der Waals surface area contributed by atoms with E-state index in [0.29, 0.717) is 5.41 Å². The Balaban J connectivity index is -0.000000200. The van der Waals surface area contributed by atoms with Crippen molar-refractivity contribution in [3.05, 3.63) is 0 Å². The van der Waals surface area contributed by atoms with Crippen molar-refractivity contribution in [2.24, 2.45) is 5.41 Å². The van der Waals surface area contributed by atoms with E-state index in [4.69, 9.17) is 20.4 Å². The van der Waals surface area contributed by atoms with Crippen LogP contribution in [0, 0.1) is 16.2 Å². The summed E-state index contributed by atoms with van der Waals surface area (Å²) in [6.07, 6.45) is 6.90. The van der Waals surface area contributed by atoms with E-state index >= 15 is 0 Å². The smallest absolute Gasteiger partial charge is 0.222 e. The van der Waals surface area contributed by atoms with E-state index in [1.54, 1.807) is 0 Å². The van der Waals surface area contributed by atoms with Crippen LogP contribution in [0.1, 0.15) is 53.4 Å². The van der Waals surface area contributed by atoms with Gasteiger partial charge in [0.05, 0.1) is 0 Å². The first-order valence-corrected chi connectivity index (χ1v) is 5.03. The summed E-state index contributed by atoms with van der Waals surface area (Å²) in [6.45, 7) is 9.24. The van der Waals surface area contributed by atoms with Crippen molar-refractivity contribution in [1.29, 1.82) is 10.8 Å². The van der Waals surface area contributed by atoms with Crippen molar-refractivity contribution >= 4 is 12.2 Å². The van der Waals surface area contributed by atoms with Crippen molar-refractivity contribution in [2.45, 2.75) is 53.4 Å². The second-order valence-corrected chi connectivity index (χ2v) is 3.87. The molecule has 0 atom stereocenters. The lowest BCUT2D eigenvalue weighted by Crippen LogP contribution is -2.09. The van der Waals surface area contributed by atoms with Crippen molar-refractivity contribution in [3.63, 3.8) is 0 Å².